The number of nitrogens with zero attached hydrogens (tertiary/aromatic N) is 3. The van der Waals surface area contributed by atoms with E-state index in [1.807, 2.05) is 27.8 Å². The molecule has 148 valence electrons. The minimum Gasteiger partial charge on any atom is -0.345 e. The van der Waals surface area contributed by atoms with E-state index in [0.29, 0.717) is 11.1 Å². The van der Waals surface area contributed by atoms with Gasteiger partial charge in [0.2, 0.25) is 10.0 Å². The third kappa shape index (κ3) is 3.91. The molecule has 1 unspecified atom stereocenters. The van der Waals surface area contributed by atoms with Gasteiger partial charge in [0.25, 0.3) is 5.91 Å². The molecule has 1 aromatic carbocycles. The number of carbonyl (C=O) groups excluding carboxylic acids is 1. The second-order valence-electron chi connectivity index (χ2n) is 7.11. The molecule has 0 bridgehead atoms. The summed E-state index contributed by atoms with van der Waals surface area (Å²) in [4.78, 5) is 13.0. The number of hydrogen-bond acceptors (Lipinski definition) is 4. The number of carbonyl (C=O) groups is 1. The van der Waals surface area contributed by atoms with Crippen LogP contribution < -0.4 is 5.32 Å². The lowest BCUT2D eigenvalue weighted by molar-refractivity contribution is 0.0939. The number of rotatable bonds is 5. The molecule has 0 fully saturated rings. The quantitative estimate of drug-likeness (QED) is 0.847. The Morgan fingerprint density at radius 2 is 1.78 bits per heavy atom. The van der Waals surface area contributed by atoms with Crippen molar-refractivity contribution in [2.24, 2.45) is 7.05 Å². The molecule has 1 aromatic heterocycles. The van der Waals surface area contributed by atoms with Crippen LogP contribution >= 0.6 is 0 Å². The van der Waals surface area contributed by atoms with Crippen LogP contribution in [0.2, 0.25) is 0 Å². The first-order chi connectivity index (χ1) is 12.4. The highest BCUT2D eigenvalue weighted by Crippen LogP contribution is 2.25. The Bertz CT molecular complexity index is 991. The molecule has 0 radical (unpaired) electrons. The number of hydrogen-bond donors (Lipinski definition) is 1. The summed E-state index contributed by atoms with van der Waals surface area (Å²) in [6.45, 7) is 9.31. The number of amides is 1. The SMILES string of the molecule is Cc1cc(C(=O)NC(C)c2c(C)nn(C)c2C)cc(S(=O)(=O)N(C)C)c1C. The molecule has 27 heavy (non-hydrogen) atoms. The van der Waals surface area contributed by atoms with Gasteiger partial charge < -0.3 is 5.32 Å². The largest absolute Gasteiger partial charge is 0.345 e. The van der Waals surface area contributed by atoms with Crippen LogP contribution in [0.25, 0.3) is 0 Å². The normalized spacial score (nSPS) is 13.1. The lowest BCUT2D eigenvalue weighted by Crippen LogP contribution is -2.28. The third-order valence-electron chi connectivity index (χ3n) is 4.99. The van der Waals surface area contributed by atoms with E-state index in [1.54, 1.807) is 24.6 Å². The van der Waals surface area contributed by atoms with Gasteiger partial charge in [-0.2, -0.15) is 5.10 Å². The van der Waals surface area contributed by atoms with Gasteiger partial charge >= 0.3 is 0 Å². The van der Waals surface area contributed by atoms with Crippen molar-refractivity contribution in [3.63, 3.8) is 0 Å². The molecule has 2 aromatic rings. The topological polar surface area (TPSA) is 84.3 Å². The average Bonchev–Trinajstić information content (AvgIpc) is 2.81. The van der Waals surface area contributed by atoms with Gasteiger partial charge in [0, 0.05) is 38.0 Å². The molecule has 0 saturated carbocycles. The molecular formula is C19H28N4O3S. The van der Waals surface area contributed by atoms with Crippen LogP contribution in [0.1, 0.15) is 51.4 Å². The predicted molar refractivity (Wildman–Crippen MR) is 105 cm³/mol. The molecular weight excluding hydrogens is 364 g/mol. The Kier molecular flexibility index (Phi) is 5.82. The lowest BCUT2D eigenvalue weighted by Gasteiger charge is -2.18. The van der Waals surface area contributed by atoms with Crippen LogP contribution in [0, 0.1) is 27.7 Å². The Morgan fingerprint density at radius 1 is 1.19 bits per heavy atom. The number of sulfonamides is 1. The van der Waals surface area contributed by atoms with Gasteiger partial charge in [-0.25, -0.2) is 12.7 Å². The van der Waals surface area contributed by atoms with Crippen molar-refractivity contribution < 1.29 is 13.2 Å². The number of nitrogens with one attached hydrogen (secondary N) is 1. The van der Waals surface area contributed by atoms with Crippen LogP contribution in [0.3, 0.4) is 0 Å². The molecule has 0 aliphatic carbocycles. The van der Waals surface area contributed by atoms with Crippen molar-refractivity contribution in [1.82, 2.24) is 19.4 Å². The Morgan fingerprint density at radius 3 is 2.26 bits per heavy atom. The number of benzene rings is 1. The maximum Gasteiger partial charge on any atom is 0.251 e. The molecule has 1 atom stereocenters. The molecule has 0 aliphatic heterocycles. The molecule has 0 spiro atoms. The summed E-state index contributed by atoms with van der Waals surface area (Å²) < 4.78 is 28.1. The van der Waals surface area contributed by atoms with Gasteiger partial charge in [-0.1, -0.05) is 0 Å². The molecule has 0 aliphatic rings. The molecule has 8 heteroatoms. The molecule has 1 heterocycles. The highest BCUT2D eigenvalue weighted by molar-refractivity contribution is 7.89. The van der Waals surface area contributed by atoms with Crippen LogP contribution in [0.4, 0.5) is 0 Å². The first-order valence-electron chi connectivity index (χ1n) is 8.72. The van der Waals surface area contributed by atoms with Gasteiger partial charge in [0.1, 0.15) is 0 Å². The highest BCUT2D eigenvalue weighted by atomic mass is 32.2. The van der Waals surface area contributed by atoms with Gasteiger partial charge in [0.15, 0.2) is 0 Å². The van der Waals surface area contributed by atoms with Crippen molar-refractivity contribution in [2.75, 3.05) is 14.1 Å². The minimum absolute atomic E-state index is 0.152. The maximum absolute atomic E-state index is 12.8. The van der Waals surface area contributed by atoms with E-state index >= 15 is 0 Å². The Labute approximate surface area is 161 Å². The summed E-state index contributed by atoms with van der Waals surface area (Å²) in [5.41, 5.74) is 4.53. The Hall–Kier alpha value is -2.19. The van der Waals surface area contributed by atoms with E-state index in [1.165, 1.54) is 20.2 Å². The smallest absolute Gasteiger partial charge is 0.251 e. The summed E-state index contributed by atoms with van der Waals surface area (Å²) >= 11 is 0. The van der Waals surface area contributed by atoms with Gasteiger partial charge in [0.05, 0.1) is 16.6 Å². The summed E-state index contributed by atoms with van der Waals surface area (Å²) in [6.07, 6.45) is 0. The monoisotopic (exact) mass is 392 g/mol. The molecule has 2 rings (SSSR count). The maximum atomic E-state index is 12.8. The summed E-state index contributed by atoms with van der Waals surface area (Å²) in [5, 5.41) is 7.35. The van der Waals surface area contributed by atoms with Gasteiger partial charge in [-0.05, 0) is 57.9 Å². The van der Waals surface area contributed by atoms with Crippen molar-refractivity contribution in [3.8, 4) is 0 Å². The van der Waals surface area contributed by atoms with Crippen LogP contribution in [-0.4, -0.2) is 42.5 Å². The molecule has 7 nitrogen and oxygen atoms in total. The van der Waals surface area contributed by atoms with Gasteiger partial charge in [-0.3, -0.25) is 9.48 Å². The zero-order chi connectivity index (χ0) is 20.7. The lowest BCUT2D eigenvalue weighted by atomic mass is 10.0. The summed E-state index contributed by atoms with van der Waals surface area (Å²) in [6, 6.07) is 2.92. The van der Waals surface area contributed by atoms with E-state index in [-0.39, 0.29) is 16.8 Å². The van der Waals surface area contributed by atoms with Crippen molar-refractivity contribution in [1.29, 1.82) is 0 Å². The van der Waals surface area contributed by atoms with Crippen molar-refractivity contribution >= 4 is 15.9 Å². The highest BCUT2D eigenvalue weighted by Gasteiger charge is 2.24. The standard InChI is InChI=1S/C19H28N4O3S/c1-11-9-16(10-17(12(11)2)27(25,26)22(6)7)19(24)20-13(3)18-14(4)21-23(8)15(18)5/h9-10,13H,1-8H3,(H,20,24). The second-order valence-corrected chi connectivity index (χ2v) is 9.23. The Balaban J connectivity index is 2.41. The van der Waals surface area contributed by atoms with Crippen LogP contribution in [0.5, 0.6) is 0 Å². The van der Waals surface area contributed by atoms with Crippen LogP contribution in [0.15, 0.2) is 17.0 Å². The minimum atomic E-state index is -3.64. The fourth-order valence-electron chi connectivity index (χ4n) is 3.19. The summed E-state index contributed by atoms with van der Waals surface area (Å²) in [5.74, 6) is -0.316. The molecule has 0 saturated heterocycles. The van der Waals surface area contributed by atoms with E-state index in [9.17, 15) is 13.2 Å². The van der Waals surface area contributed by atoms with Gasteiger partial charge in [-0.15, -0.1) is 0 Å². The van der Waals surface area contributed by atoms with E-state index in [4.69, 9.17) is 0 Å². The fraction of sp³-hybridized carbons (Fsp3) is 0.474. The van der Waals surface area contributed by atoms with Crippen molar-refractivity contribution in [3.05, 3.63) is 45.8 Å². The number of aryl methyl sites for hydroxylation is 3. The molecule has 1 amide bonds. The summed E-state index contributed by atoms with van der Waals surface area (Å²) in [7, 11) is 1.18. The first-order valence-corrected chi connectivity index (χ1v) is 10.2. The van der Waals surface area contributed by atoms with Crippen molar-refractivity contribution in [2.45, 2.75) is 45.6 Å². The van der Waals surface area contributed by atoms with E-state index < -0.39 is 10.0 Å². The number of aromatic nitrogens is 2. The predicted octanol–water partition coefficient (Wildman–Crippen LogP) is 2.40. The molecule has 1 N–H and O–H groups in total. The zero-order valence-corrected chi connectivity index (χ0v) is 18.0. The average molecular weight is 393 g/mol. The third-order valence-corrected chi connectivity index (χ3v) is 6.93. The van der Waals surface area contributed by atoms with Crippen LogP contribution in [-0.2, 0) is 17.1 Å². The first kappa shape index (κ1) is 21.1. The van der Waals surface area contributed by atoms with E-state index in [0.717, 1.165) is 26.8 Å². The zero-order valence-electron chi connectivity index (χ0n) is 17.2. The second kappa shape index (κ2) is 7.44. The van der Waals surface area contributed by atoms with E-state index in [2.05, 4.69) is 10.4 Å². The fourth-order valence-corrected chi connectivity index (χ4v) is 4.41.